The van der Waals surface area contributed by atoms with Crippen LogP contribution in [0.15, 0.2) is 42.5 Å². The van der Waals surface area contributed by atoms with E-state index in [4.69, 9.17) is 11.6 Å². The van der Waals surface area contributed by atoms with Crippen LogP contribution in [0.2, 0.25) is 5.02 Å². The second kappa shape index (κ2) is 5.99. The van der Waals surface area contributed by atoms with Gasteiger partial charge in [0.15, 0.2) is 5.78 Å². The minimum absolute atomic E-state index is 0.283. The van der Waals surface area contributed by atoms with E-state index < -0.39 is 38.9 Å². The number of rotatable bonds is 4. The van der Waals surface area contributed by atoms with Crippen molar-refractivity contribution in [3.8, 4) is 0 Å². The first kappa shape index (κ1) is 15.1. The van der Waals surface area contributed by atoms with Gasteiger partial charge in [0.25, 0.3) is 5.69 Å². The summed E-state index contributed by atoms with van der Waals surface area (Å²) in [5.74, 6) is -1.89. The van der Waals surface area contributed by atoms with E-state index in [9.17, 15) is 24.4 Å². The minimum Gasteiger partial charge on any atom is -0.380 e. The molecule has 5 nitrogen and oxygen atoms in total. The number of nitrogens with zero attached hydrogens (tertiary/aromatic N) is 1. The molecular formula is C14H9ClFNO4. The predicted molar refractivity (Wildman–Crippen MR) is 73.8 cm³/mol. The quantitative estimate of drug-likeness (QED) is 0.534. The predicted octanol–water partition coefficient (Wildman–Crippen LogP) is 3.30. The van der Waals surface area contributed by atoms with E-state index in [-0.39, 0.29) is 5.56 Å². The van der Waals surface area contributed by atoms with Gasteiger partial charge in [0.2, 0.25) is 0 Å². The van der Waals surface area contributed by atoms with Crippen LogP contribution in [0.1, 0.15) is 22.0 Å². The van der Waals surface area contributed by atoms with E-state index in [2.05, 4.69) is 0 Å². The molecule has 0 heterocycles. The van der Waals surface area contributed by atoms with Crippen LogP contribution < -0.4 is 0 Å². The lowest BCUT2D eigenvalue weighted by molar-refractivity contribution is -0.384. The Morgan fingerprint density at radius 3 is 2.48 bits per heavy atom. The smallest absolute Gasteiger partial charge is 0.291 e. The SMILES string of the molecule is O=C(c1cc(F)cc([N+](=O)[O-])c1Cl)C(O)c1ccccc1. The number of aliphatic hydroxyl groups excluding tert-OH is 1. The zero-order valence-electron chi connectivity index (χ0n) is 10.5. The Morgan fingerprint density at radius 1 is 1.29 bits per heavy atom. The van der Waals surface area contributed by atoms with Crippen LogP contribution in [0, 0.1) is 15.9 Å². The van der Waals surface area contributed by atoms with E-state index in [1.807, 2.05) is 0 Å². The molecule has 0 aromatic heterocycles. The van der Waals surface area contributed by atoms with E-state index >= 15 is 0 Å². The third-order valence-electron chi connectivity index (χ3n) is 2.84. The number of carbonyl (C=O) groups excluding carboxylic acids is 1. The Labute approximate surface area is 123 Å². The number of halogens is 2. The summed E-state index contributed by atoms with van der Waals surface area (Å²) in [4.78, 5) is 22.0. The van der Waals surface area contributed by atoms with Crippen LogP contribution in [0.5, 0.6) is 0 Å². The maximum atomic E-state index is 13.4. The van der Waals surface area contributed by atoms with Crippen molar-refractivity contribution in [2.75, 3.05) is 0 Å². The van der Waals surface area contributed by atoms with Crippen LogP contribution >= 0.6 is 11.6 Å². The van der Waals surface area contributed by atoms with Crippen LogP contribution in [0.25, 0.3) is 0 Å². The molecule has 0 bridgehead atoms. The molecule has 0 saturated heterocycles. The van der Waals surface area contributed by atoms with E-state index in [0.717, 1.165) is 6.07 Å². The minimum atomic E-state index is -1.58. The number of ketones is 1. The Morgan fingerprint density at radius 2 is 1.90 bits per heavy atom. The molecule has 0 radical (unpaired) electrons. The summed E-state index contributed by atoms with van der Waals surface area (Å²) in [5.41, 5.74) is -0.870. The number of nitro groups is 1. The molecule has 0 aliphatic carbocycles. The molecule has 108 valence electrons. The number of hydrogen-bond donors (Lipinski definition) is 1. The molecule has 0 aliphatic heterocycles. The van der Waals surface area contributed by atoms with Crippen molar-refractivity contribution in [2.24, 2.45) is 0 Å². The van der Waals surface area contributed by atoms with Gasteiger partial charge in [-0.05, 0) is 11.6 Å². The van der Waals surface area contributed by atoms with Crippen molar-refractivity contribution in [1.29, 1.82) is 0 Å². The van der Waals surface area contributed by atoms with E-state index in [1.165, 1.54) is 12.1 Å². The number of hydrogen-bond acceptors (Lipinski definition) is 4. The fourth-order valence-corrected chi connectivity index (χ4v) is 2.09. The van der Waals surface area contributed by atoms with Crippen molar-refractivity contribution in [3.63, 3.8) is 0 Å². The first-order valence-corrected chi connectivity index (χ1v) is 6.20. The summed E-state index contributed by atoms with van der Waals surface area (Å²) in [6.07, 6.45) is -1.58. The number of Topliss-reactive ketones (excluding diaryl/α,β-unsaturated/α-hetero) is 1. The van der Waals surface area contributed by atoms with Crippen molar-refractivity contribution >= 4 is 23.1 Å². The van der Waals surface area contributed by atoms with E-state index in [1.54, 1.807) is 18.2 Å². The summed E-state index contributed by atoms with van der Waals surface area (Å²) in [7, 11) is 0. The fourth-order valence-electron chi connectivity index (χ4n) is 1.82. The number of aliphatic hydroxyl groups is 1. The van der Waals surface area contributed by atoms with Gasteiger partial charge in [0.1, 0.15) is 16.9 Å². The molecule has 0 spiro atoms. The fraction of sp³-hybridized carbons (Fsp3) is 0.0714. The third kappa shape index (κ3) is 3.07. The van der Waals surface area contributed by atoms with Gasteiger partial charge in [-0.25, -0.2) is 4.39 Å². The maximum absolute atomic E-state index is 13.4. The Hall–Kier alpha value is -2.31. The molecule has 21 heavy (non-hydrogen) atoms. The molecule has 0 saturated carbocycles. The summed E-state index contributed by atoms with van der Waals surface area (Å²) in [6.45, 7) is 0. The van der Waals surface area contributed by atoms with Crippen molar-refractivity contribution in [1.82, 2.24) is 0 Å². The molecule has 2 aromatic carbocycles. The highest BCUT2D eigenvalue weighted by Gasteiger charge is 2.27. The lowest BCUT2D eigenvalue weighted by atomic mass is 9.99. The van der Waals surface area contributed by atoms with Crippen molar-refractivity contribution < 1.29 is 19.2 Å². The molecule has 1 atom stereocenters. The van der Waals surface area contributed by atoms with Gasteiger partial charge in [0.05, 0.1) is 11.0 Å². The highest BCUT2D eigenvalue weighted by molar-refractivity contribution is 6.36. The molecule has 0 aliphatic rings. The first-order valence-electron chi connectivity index (χ1n) is 5.82. The molecule has 0 fully saturated rings. The molecule has 1 N–H and O–H groups in total. The topological polar surface area (TPSA) is 80.4 Å². The molecular weight excluding hydrogens is 301 g/mol. The average molecular weight is 310 g/mol. The summed E-state index contributed by atoms with van der Waals surface area (Å²) in [6, 6.07) is 9.32. The lowest BCUT2D eigenvalue weighted by Crippen LogP contribution is -2.13. The van der Waals surface area contributed by atoms with Crippen LogP contribution in [-0.2, 0) is 0 Å². The van der Waals surface area contributed by atoms with Gasteiger partial charge in [-0.3, -0.25) is 14.9 Å². The first-order chi connectivity index (χ1) is 9.91. The van der Waals surface area contributed by atoms with Gasteiger partial charge >= 0.3 is 0 Å². The Kier molecular flexibility index (Phi) is 4.30. The molecule has 2 rings (SSSR count). The monoisotopic (exact) mass is 309 g/mol. The highest BCUT2D eigenvalue weighted by atomic mass is 35.5. The second-order valence-electron chi connectivity index (χ2n) is 4.22. The average Bonchev–Trinajstić information content (AvgIpc) is 2.48. The van der Waals surface area contributed by atoms with Crippen LogP contribution in [0.4, 0.5) is 10.1 Å². The molecule has 1 unspecified atom stereocenters. The van der Waals surface area contributed by atoms with Gasteiger partial charge in [-0.1, -0.05) is 41.9 Å². The molecule has 7 heteroatoms. The second-order valence-corrected chi connectivity index (χ2v) is 4.60. The normalized spacial score (nSPS) is 12.0. The standard InChI is InChI=1S/C14H9ClFNO4/c15-12-10(6-9(16)7-11(12)17(20)21)14(19)13(18)8-4-2-1-3-5-8/h1-7,13,18H. The Balaban J connectivity index is 2.47. The van der Waals surface area contributed by atoms with Crippen LogP contribution in [-0.4, -0.2) is 15.8 Å². The van der Waals surface area contributed by atoms with Crippen molar-refractivity contribution in [3.05, 3.63) is 74.5 Å². The number of carbonyl (C=O) groups is 1. The van der Waals surface area contributed by atoms with Gasteiger partial charge in [-0.15, -0.1) is 0 Å². The maximum Gasteiger partial charge on any atom is 0.291 e. The number of benzene rings is 2. The Bertz CT molecular complexity index is 706. The zero-order chi connectivity index (χ0) is 15.6. The van der Waals surface area contributed by atoms with Gasteiger partial charge < -0.3 is 5.11 Å². The highest BCUT2D eigenvalue weighted by Crippen LogP contribution is 2.32. The van der Waals surface area contributed by atoms with Gasteiger partial charge in [-0.2, -0.15) is 0 Å². The zero-order valence-corrected chi connectivity index (χ0v) is 11.2. The largest absolute Gasteiger partial charge is 0.380 e. The molecule has 0 amide bonds. The van der Waals surface area contributed by atoms with Crippen LogP contribution in [0.3, 0.4) is 0 Å². The summed E-state index contributed by atoms with van der Waals surface area (Å²) >= 11 is 5.76. The third-order valence-corrected chi connectivity index (χ3v) is 3.24. The molecule has 2 aromatic rings. The van der Waals surface area contributed by atoms with Crippen molar-refractivity contribution in [2.45, 2.75) is 6.10 Å². The summed E-state index contributed by atoms with van der Waals surface area (Å²) in [5, 5.41) is 20.3. The summed E-state index contributed by atoms with van der Waals surface area (Å²) < 4.78 is 13.4. The van der Waals surface area contributed by atoms with E-state index in [0.29, 0.717) is 6.07 Å². The number of nitro benzene ring substituents is 1. The van der Waals surface area contributed by atoms with Gasteiger partial charge in [0, 0.05) is 5.56 Å². The lowest BCUT2D eigenvalue weighted by Gasteiger charge is -2.11.